The second-order valence-electron chi connectivity index (χ2n) is 6.78. The van der Waals surface area contributed by atoms with Crippen LogP contribution < -0.4 is 10.1 Å². The smallest absolute Gasteiger partial charge is 0.121 e. The van der Waals surface area contributed by atoms with Crippen molar-refractivity contribution in [3.63, 3.8) is 0 Å². The SMILES string of the molecule is CC(C)COc1cccc(NC2CCN(C(C)C)CC2)c1. The van der Waals surface area contributed by atoms with Gasteiger partial charge in [0, 0.05) is 36.9 Å². The Morgan fingerprint density at radius 2 is 1.90 bits per heavy atom. The number of hydrogen-bond donors (Lipinski definition) is 1. The van der Waals surface area contributed by atoms with Crippen LogP contribution in [0.25, 0.3) is 0 Å². The molecular formula is C18H30N2O. The Bertz CT molecular complexity index is 423. The predicted molar refractivity (Wildman–Crippen MR) is 90.1 cm³/mol. The van der Waals surface area contributed by atoms with Gasteiger partial charge in [0.05, 0.1) is 6.61 Å². The summed E-state index contributed by atoms with van der Waals surface area (Å²) in [6.07, 6.45) is 2.44. The van der Waals surface area contributed by atoms with Crippen molar-refractivity contribution in [1.82, 2.24) is 4.90 Å². The molecule has 3 heteroatoms. The third kappa shape index (κ3) is 5.24. The fourth-order valence-corrected chi connectivity index (χ4v) is 2.73. The van der Waals surface area contributed by atoms with E-state index in [-0.39, 0.29) is 0 Å². The fraction of sp³-hybridized carbons (Fsp3) is 0.667. The molecule has 21 heavy (non-hydrogen) atoms. The summed E-state index contributed by atoms with van der Waals surface area (Å²) in [5.41, 5.74) is 1.18. The van der Waals surface area contributed by atoms with Crippen molar-refractivity contribution in [1.29, 1.82) is 0 Å². The number of nitrogens with zero attached hydrogens (tertiary/aromatic N) is 1. The molecule has 1 N–H and O–H groups in total. The van der Waals surface area contributed by atoms with Crippen LogP contribution in [0, 0.1) is 5.92 Å². The predicted octanol–water partition coefficient (Wildman–Crippen LogP) is 4.01. The highest BCUT2D eigenvalue weighted by atomic mass is 16.5. The molecule has 0 bridgehead atoms. The van der Waals surface area contributed by atoms with Crippen molar-refractivity contribution in [2.45, 2.75) is 52.6 Å². The minimum absolute atomic E-state index is 0.557. The Hall–Kier alpha value is -1.22. The van der Waals surface area contributed by atoms with Crippen LogP contribution in [-0.2, 0) is 0 Å². The van der Waals surface area contributed by atoms with E-state index in [4.69, 9.17) is 4.74 Å². The highest BCUT2D eigenvalue weighted by molar-refractivity contribution is 5.48. The van der Waals surface area contributed by atoms with Crippen molar-refractivity contribution in [2.75, 3.05) is 25.0 Å². The molecule has 0 aliphatic carbocycles. The molecule has 3 nitrogen and oxygen atoms in total. The maximum atomic E-state index is 5.80. The first-order valence-corrected chi connectivity index (χ1v) is 8.28. The molecule has 1 aliphatic rings. The topological polar surface area (TPSA) is 24.5 Å². The van der Waals surface area contributed by atoms with Crippen LogP contribution in [0.3, 0.4) is 0 Å². The van der Waals surface area contributed by atoms with Crippen LogP contribution in [0.1, 0.15) is 40.5 Å². The Morgan fingerprint density at radius 1 is 1.19 bits per heavy atom. The monoisotopic (exact) mass is 290 g/mol. The van der Waals surface area contributed by atoms with Crippen molar-refractivity contribution in [3.8, 4) is 5.75 Å². The van der Waals surface area contributed by atoms with E-state index in [9.17, 15) is 0 Å². The summed E-state index contributed by atoms with van der Waals surface area (Å²) >= 11 is 0. The molecule has 1 aliphatic heterocycles. The van der Waals surface area contributed by atoms with E-state index in [2.05, 4.69) is 56.1 Å². The Balaban J connectivity index is 1.84. The Labute approximate surface area is 129 Å². The van der Waals surface area contributed by atoms with Gasteiger partial charge in [-0.1, -0.05) is 19.9 Å². The van der Waals surface area contributed by atoms with Crippen LogP contribution in [-0.4, -0.2) is 36.7 Å². The summed E-state index contributed by atoms with van der Waals surface area (Å²) in [7, 11) is 0. The highest BCUT2D eigenvalue weighted by Crippen LogP contribution is 2.22. The van der Waals surface area contributed by atoms with E-state index in [1.54, 1.807) is 0 Å². The van der Waals surface area contributed by atoms with Crippen LogP contribution in [0.2, 0.25) is 0 Å². The molecule has 1 fully saturated rings. The number of anilines is 1. The lowest BCUT2D eigenvalue weighted by atomic mass is 10.0. The van der Waals surface area contributed by atoms with Gasteiger partial charge in [0.1, 0.15) is 5.75 Å². The largest absolute Gasteiger partial charge is 0.493 e. The van der Waals surface area contributed by atoms with Crippen molar-refractivity contribution in [2.24, 2.45) is 5.92 Å². The van der Waals surface area contributed by atoms with Crippen LogP contribution >= 0.6 is 0 Å². The summed E-state index contributed by atoms with van der Waals surface area (Å²) in [5.74, 6) is 1.52. The molecule has 0 atom stereocenters. The third-order valence-electron chi connectivity index (χ3n) is 4.05. The molecule has 0 amide bonds. The van der Waals surface area contributed by atoms with Gasteiger partial charge in [-0.05, 0) is 44.7 Å². The third-order valence-corrected chi connectivity index (χ3v) is 4.05. The molecule has 2 rings (SSSR count). The van der Waals surface area contributed by atoms with Crippen molar-refractivity contribution in [3.05, 3.63) is 24.3 Å². The zero-order valence-corrected chi connectivity index (χ0v) is 13.9. The summed E-state index contributed by atoms with van der Waals surface area (Å²) < 4.78 is 5.80. The normalized spacial score (nSPS) is 17.4. The van der Waals surface area contributed by atoms with Gasteiger partial charge >= 0.3 is 0 Å². The number of piperidine rings is 1. The molecule has 0 radical (unpaired) electrons. The summed E-state index contributed by atoms with van der Waals surface area (Å²) in [6.45, 7) is 12.1. The number of nitrogens with one attached hydrogen (secondary N) is 1. The summed E-state index contributed by atoms with van der Waals surface area (Å²) in [4.78, 5) is 2.56. The second kappa shape index (κ2) is 7.69. The van der Waals surface area contributed by atoms with Gasteiger partial charge in [-0.15, -0.1) is 0 Å². The van der Waals surface area contributed by atoms with Gasteiger partial charge in [0.2, 0.25) is 0 Å². The van der Waals surface area contributed by atoms with Gasteiger partial charge < -0.3 is 15.0 Å². The van der Waals surface area contributed by atoms with E-state index in [1.165, 1.54) is 31.6 Å². The maximum absolute atomic E-state index is 5.80. The molecule has 1 heterocycles. The van der Waals surface area contributed by atoms with Gasteiger partial charge in [0.15, 0.2) is 0 Å². The Morgan fingerprint density at radius 3 is 2.52 bits per heavy atom. The fourth-order valence-electron chi connectivity index (χ4n) is 2.73. The van der Waals surface area contributed by atoms with E-state index in [0.717, 1.165) is 12.4 Å². The summed E-state index contributed by atoms with van der Waals surface area (Å²) in [5, 5.41) is 3.66. The average molecular weight is 290 g/mol. The lowest BCUT2D eigenvalue weighted by Crippen LogP contribution is -2.42. The number of benzene rings is 1. The molecule has 0 saturated carbocycles. The minimum Gasteiger partial charge on any atom is -0.493 e. The minimum atomic E-state index is 0.557. The maximum Gasteiger partial charge on any atom is 0.121 e. The first-order valence-electron chi connectivity index (χ1n) is 8.28. The molecule has 0 unspecified atom stereocenters. The molecule has 1 aromatic carbocycles. The van der Waals surface area contributed by atoms with Gasteiger partial charge in [-0.2, -0.15) is 0 Å². The first-order chi connectivity index (χ1) is 10.0. The lowest BCUT2D eigenvalue weighted by molar-refractivity contribution is 0.177. The molecule has 0 aromatic heterocycles. The number of ether oxygens (including phenoxy) is 1. The molecule has 118 valence electrons. The molecule has 1 saturated heterocycles. The number of hydrogen-bond acceptors (Lipinski definition) is 3. The van der Waals surface area contributed by atoms with Crippen LogP contribution in [0.4, 0.5) is 5.69 Å². The zero-order valence-electron chi connectivity index (χ0n) is 13.9. The quantitative estimate of drug-likeness (QED) is 0.857. The van der Waals surface area contributed by atoms with Crippen LogP contribution in [0.5, 0.6) is 5.75 Å². The van der Waals surface area contributed by atoms with E-state index >= 15 is 0 Å². The average Bonchev–Trinajstić information content (AvgIpc) is 2.46. The zero-order chi connectivity index (χ0) is 15.2. The number of rotatable bonds is 6. The molecular weight excluding hydrogens is 260 g/mol. The number of likely N-dealkylation sites (tertiary alicyclic amines) is 1. The highest BCUT2D eigenvalue weighted by Gasteiger charge is 2.20. The van der Waals surface area contributed by atoms with Gasteiger partial charge in [-0.25, -0.2) is 0 Å². The van der Waals surface area contributed by atoms with E-state index in [0.29, 0.717) is 18.0 Å². The van der Waals surface area contributed by atoms with Crippen molar-refractivity contribution < 1.29 is 4.74 Å². The molecule has 0 spiro atoms. The van der Waals surface area contributed by atoms with Gasteiger partial charge in [0.25, 0.3) is 0 Å². The van der Waals surface area contributed by atoms with Gasteiger partial charge in [-0.3, -0.25) is 0 Å². The van der Waals surface area contributed by atoms with E-state index in [1.807, 2.05) is 6.07 Å². The van der Waals surface area contributed by atoms with Crippen LogP contribution in [0.15, 0.2) is 24.3 Å². The standard InChI is InChI=1S/C18H30N2O/c1-14(2)13-21-18-7-5-6-17(12-18)19-16-8-10-20(11-9-16)15(3)4/h5-7,12,14-16,19H,8-11,13H2,1-4H3. The Kier molecular flexibility index (Phi) is 5.92. The van der Waals surface area contributed by atoms with Crippen molar-refractivity contribution >= 4 is 5.69 Å². The lowest BCUT2D eigenvalue weighted by Gasteiger charge is -2.35. The first kappa shape index (κ1) is 16.2. The summed E-state index contributed by atoms with van der Waals surface area (Å²) in [6, 6.07) is 9.61. The second-order valence-corrected chi connectivity index (χ2v) is 6.78. The van der Waals surface area contributed by atoms with E-state index < -0.39 is 0 Å². The molecule has 1 aromatic rings.